The Kier molecular flexibility index (Phi) is 26.2. The minimum absolute atomic E-state index is 0.00452. The highest BCUT2D eigenvalue weighted by molar-refractivity contribution is 7.99. The van der Waals surface area contributed by atoms with E-state index in [0.717, 1.165) is 51.7 Å². The molecule has 0 aliphatic carbocycles. The molecule has 13 N–H and O–H groups in total. The summed E-state index contributed by atoms with van der Waals surface area (Å²) in [5.41, 5.74) is 19.9. The molecule has 2 saturated heterocycles. The highest BCUT2D eigenvalue weighted by Gasteiger charge is 2.39. The topological polar surface area (TPSA) is 350 Å². The number of β-amino-alcohol motifs (C(OH)–C–C–N with tert-alkyl or cyclic N) is 1. The number of nitrogens with one attached hydrogen (secondary N) is 6. The van der Waals surface area contributed by atoms with Crippen LogP contribution in [0, 0.1) is 0 Å². The third-order valence-electron chi connectivity index (χ3n) is 13.2. The molecule has 2 fully saturated rings. The number of thioether (sulfide) groups is 1. The number of hydrogen-bond acceptors (Lipinski definition) is 18. The van der Waals surface area contributed by atoms with Gasteiger partial charge in [-0.15, -0.1) is 11.8 Å². The van der Waals surface area contributed by atoms with Crippen LogP contribution in [-0.2, 0) is 45.1 Å². The zero-order valence-electron chi connectivity index (χ0n) is 49.3. The Hall–Kier alpha value is -8.87. The van der Waals surface area contributed by atoms with Gasteiger partial charge in [0.25, 0.3) is 11.8 Å². The van der Waals surface area contributed by atoms with Crippen LogP contribution in [0.5, 0.6) is 23.0 Å². The van der Waals surface area contributed by atoms with Crippen molar-refractivity contribution in [2.24, 2.45) is 11.5 Å². The molecule has 6 aromatic rings. The lowest BCUT2D eigenvalue weighted by Crippen LogP contribution is -2.41. The number of alkyl halides is 6. The molecule has 2 aliphatic heterocycles. The summed E-state index contributed by atoms with van der Waals surface area (Å²) >= 11 is 1.71. The highest BCUT2D eigenvalue weighted by atomic mass is 32.2. The van der Waals surface area contributed by atoms with Gasteiger partial charge in [0, 0.05) is 77.9 Å². The molecule has 4 aromatic carbocycles. The molecule has 0 unspecified atom stereocenters. The van der Waals surface area contributed by atoms with E-state index in [2.05, 4.69) is 48.8 Å². The lowest BCUT2D eigenvalue weighted by Gasteiger charge is -2.20. The van der Waals surface area contributed by atoms with Crippen LogP contribution in [0.1, 0.15) is 90.9 Å². The number of carbonyl (C=O) groups excluding carboxylic acids is 4. The van der Waals surface area contributed by atoms with Crippen molar-refractivity contribution in [1.29, 1.82) is 0 Å². The fourth-order valence-corrected chi connectivity index (χ4v) is 10.1. The van der Waals surface area contributed by atoms with Gasteiger partial charge < -0.3 is 72.3 Å². The van der Waals surface area contributed by atoms with Crippen molar-refractivity contribution in [3.63, 3.8) is 0 Å². The monoisotopic (exact) mass is 1270 g/mol. The Morgan fingerprint density at radius 1 is 0.607 bits per heavy atom. The number of carboxylic acids is 2. The third-order valence-corrected chi connectivity index (χ3v) is 14.2. The molecule has 0 radical (unpaired) electrons. The molecule has 30 heteroatoms. The number of aromatic nitrogens is 2. The molecule has 0 bridgehead atoms. The van der Waals surface area contributed by atoms with E-state index in [1.165, 1.54) is 12.4 Å². The normalized spacial score (nSPS) is 15.2. The van der Waals surface area contributed by atoms with Crippen LogP contribution >= 0.6 is 11.8 Å². The summed E-state index contributed by atoms with van der Waals surface area (Å²) in [6, 6.07) is 18.3. The maximum Gasteiger partial charge on any atom is 0.490 e. The molecule has 0 spiro atoms. The summed E-state index contributed by atoms with van der Waals surface area (Å²) in [6.45, 7) is 14.7. The van der Waals surface area contributed by atoms with E-state index in [1.54, 1.807) is 17.8 Å². The molecular weight excluding hydrogens is 1200 g/mol. The number of benzene rings is 4. The predicted molar refractivity (Wildman–Crippen MR) is 321 cm³/mol. The number of rotatable bonds is 22. The van der Waals surface area contributed by atoms with E-state index in [-0.39, 0.29) is 29.0 Å². The number of pyridine rings is 2. The Morgan fingerprint density at radius 2 is 0.989 bits per heavy atom. The summed E-state index contributed by atoms with van der Waals surface area (Å²) in [7, 11) is 0. The van der Waals surface area contributed by atoms with Gasteiger partial charge in [-0.05, 0) is 93.5 Å². The van der Waals surface area contributed by atoms with Crippen molar-refractivity contribution in [2.75, 3.05) is 55.2 Å². The number of aliphatic carboxylic acids is 2. The maximum absolute atomic E-state index is 12.6. The maximum atomic E-state index is 12.6. The van der Waals surface area contributed by atoms with Crippen molar-refractivity contribution >= 4 is 91.9 Å². The molecular formula is C59H70F6N10O13S. The second-order valence-electron chi connectivity index (χ2n) is 19.2. The van der Waals surface area contributed by atoms with Crippen molar-refractivity contribution in [3.05, 3.63) is 106 Å². The van der Waals surface area contributed by atoms with Crippen LogP contribution in [-0.4, -0.2) is 136 Å². The SMILES string of the molecule is CCOc1cc2ncc(C(N)=O)c(Nc3cccc(CNC(=O)[C@@H]4C[C@@H](O)CN4)c3CC)c2cc1OCC.CCOc1cc2ncc(C(N)=O)c(Nc3cccc(CNC(=O)[C@H]4CSCN4)c3CC)c2cc1OCC.O=C(O)C(F)(F)F.O=C(O)C(F)(F)F. The lowest BCUT2D eigenvalue weighted by molar-refractivity contribution is -0.193. The van der Waals surface area contributed by atoms with Crippen LogP contribution in [0.25, 0.3) is 21.8 Å². The first kappa shape index (κ1) is 70.9. The Labute approximate surface area is 511 Å². The van der Waals surface area contributed by atoms with Gasteiger partial charge in [-0.25, -0.2) is 9.59 Å². The van der Waals surface area contributed by atoms with E-state index >= 15 is 0 Å². The number of nitrogens with zero attached hydrogens (tertiary/aromatic N) is 2. The van der Waals surface area contributed by atoms with Gasteiger partial charge in [-0.1, -0.05) is 38.1 Å². The van der Waals surface area contributed by atoms with Crippen molar-refractivity contribution in [1.82, 2.24) is 31.2 Å². The number of halogens is 6. The molecule has 4 amide bonds. The van der Waals surface area contributed by atoms with Gasteiger partial charge >= 0.3 is 24.3 Å². The average Bonchev–Trinajstić information content (AvgIpc) is 1.62. The number of hydrogen-bond donors (Lipinski definition) is 11. The summed E-state index contributed by atoms with van der Waals surface area (Å²) in [5, 5.41) is 44.5. The molecule has 2 aromatic heterocycles. The lowest BCUT2D eigenvalue weighted by atomic mass is 10.0. The summed E-state index contributed by atoms with van der Waals surface area (Å²) in [4.78, 5) is 76.6. The molecule has 4 heterocycles. The predicted octanol–water partition coefficient (Wildman–Crippen LogP) is 7.76. The Bertz CT molecular complexity index is 3460. The number of primary amides is 2. The molecule has 2 aliphatic rings. The number of nitrogens with two attached hydrogens (primary N) is 2. The number of amides is 4. The minimum Gasteiger partial charge on any atom is -0.490 e. The van der Waals surface area contributed by atoms with Gasteiger partial charge in [0.05, 0.1) is 78.2 Å². The fraction of sp³-hybridized carbons (Fsp3) is 0.390. The number of ether oxygens (including phenoxy) is 4. The van der Waals surface area contributed by atoms with E-state index < -0.39 is 48.3 Å². The Morgan fingerprint density at radius 3 is 1.30 bits per heavy atom. The van der Waals surface area contributed by atoms with Gasteiger partial charge in [0.1, 0.15) is 0 Å². The summed E-state index contributed by atoms with van der Waals surface area (Å²) in [5.74, 6) is -3.03. The van der Waals surface area contributed by atoms with Crippen LogP contribution in [0.2, 0.25) is 0 Å². The zero-order chi connectivity index (χ0) is 65.8. The number of carbonyl (C=O) groups is 6. The van der Waals surface area contributed by atoms with Gasteiger partial charge in [0.2, 0.25) is 11.8 Å². The first-order valence-electron chi connectivity index (χ1n) is 27.9. The molecule has 0 saturated carbocycles. The summed E-state index contributed by atoms with van der Waals surface area (Å²) < 4.78 is 86.6. The van der Waals surface area contributed by atoms with Crippen LogP contribution in [0.4, 0.5) is 49.1 Å². The van der Waals surface area contributed by atoms with E-state index in [0.29, 0.717) is 115 Å². The van der Waals surface area contributed by atoms with Gasteiger partial charge in [0.15, 0.2) is 23.0 Å². The number of carboxylic acid groups (broad SMARTS) is 2. The van der Waals surface area contributed by atoms with Crippen molar-refractivity contribution in [2.45, 2.75) is 104 Å². The van der Waals surface area contributed by atoms with Crippen LogP contribution < -0.4 is 62.3 Å². The quantitative estimate of drug-likeness (QED) is 0.0289. The van der Waals surface area contributed by atoms with Gasteiger partial charge in [-0.2, -0.15) is 26.3 Å². The summed E-state index contributed by atoms with van der Waals surface area (Å²) in [6.07, 6.45) is -5.94. The van der Waals surface area contributed by atoms with E-state index in [1.807, 2.05) is 89.2 Å². The van der Waals surface area contributed by atoms with E-state index in [9.17, 15) is 50.6 Å². The first-order valence-corrected chi connectivity index (χ1v) is 29.0. The standard InChI is InChI=1S/C28H35N5O5.C27H33N5O4S.2C2HF3O2/c1-4-18-16(13-32-28(36)23-10-17(34)14-30-23)8-7-9-21(18)33-26-19-11-24(37-5-2)25(38-6-3)12-22(19)31-15-20(26)27(29)35;1-4-17-16(12-30-27(34)22-14-37-15-31-22)8-7-9-20(17)32-25-18-10-23(35-5-2)24(36-6-3)11-21(18)29-13-19(25)26(28)33;2*3-2(4,5)1(6)7/h7-9,11-12,15,17,23,30,34H,4-6,10,13-14H2,1-3H3,(H2,29,35)(H,31,33)(H,32,36);7-11,13,22,31H,4-6,12,14-15H2,1-3H3,(H2,28,33)(H,29,32)(H,30,34);2*(H,6,7)/t17-,23+;22-;;/m11../s1. The Balaban J connectivity index is 0.000000267. The number of aliphatic hydroxyl groups is 1. The van der Waals surface area contributed by atoms with Crippen LogP contribution in [0.15, 0.2) is 73.1 Å². The second-order valence-corrected chi connectivity index (χ2v) is 20.2. The van der Waals surface area contributed by atoms with Crippen molar-refractivity contribution in [3.8, 4) is 23.0 Å². The fourth-order valence-electron chi connectivity index (χ4n) is 9.15. The van der Waals surface area contributed by atoms with Gasteiger partial charge in [-0.3, -0.25) is 34.5 Å². The minimum atomic E-state index is -5.08. The average molecular weight is 1270 g/mol. The number of anilines is 4. The number of aliphatic hydroxyl groups excluding tert-OH is 1. The number of fused-ring (bicyclic) bond motifs is 2. The second kappa shape index (κ2) is 32.9. The van der Waals surface area contributed by atoms with Crippen molar-refractivity contribution < 1.29 is 89.4 Å². The molecule has 3 atom stereocenters. The zero-order valence-corrected chi connectivity index (χ0v) is 50.1. The highest BCUT2D eigenvalue weighted by Crippen LogP contribution is 2.40. The molecule has 23 nitrogen and oxygen atoms in total. The third kappa shape index (κ3) is 19.6. The molecule has 8 rings (SSSR count). The first-order chi connectivity index (χ1) is 42.2. The van der Waals surface area contributed by atoms with Crippen LogP contribution in [0.3, 0.4) is 0 Å². The largest absolute Gasteiger partial charge is 0.490 e. The molecule has 89 heavy (non-hydrogen) atoms. The van der Waals surface area contributed by atoms with E-state index in [4.69, 9.17) is 50.2 Å². The molecule has 482 valence electrons. The smallest absolute Gasteiger partial charge is 0.490 e.